The fourth-order valence-corrected chi connectivity index (χ4v) is 3.78. The molecule has 0 aliphatic heterocycles. The van der Waals surface area contributed by atoms with Gasteiger partial charge in [0.15, 0.2) is 0 Å². The minimum atomic E-state index is -3.89. The maximum atomic E-state index is 12.1. The van der Waals surface area contributed by atoms with Gasteiger partial charge in [0.05, 0.1) is 0 Å². The van der Waals surface area contributed by atoms with Gasteiger partial charge >= 0.3 is 5.97 Å². The molecule has 3 N–H and O–H groups in total. The zero-order valence-electron chi connectivity index (χ0n) is 9.96. The molecule has 10 heteroatoms. The maximum absolute atomic E-state index is 12.1. The second-order valence-corrected chi connectivity index (χ2v) is 6.59. The molecule has 2 aromatic rings. The molecule has 2 rings (SSSR count). The molecule has 0 radical (unpaired) electrons. The smallest absolute Gasteiger partial charge is 0.345 e. The molecule has 0 amide bonds. The van der Waals surface area contributed by atoms with Crippen molar-refractivity contribution in [3.05, 3.63) is 21.6 Å². The number of thiophene rings is 1. The van der Waals surface area contributed by atoms with Crippen molar-refractivity contribution in [2.45, 2.75) is 18.7 Å². The van der Waals surface area contributed by atoms with Gasteiger partial charge in [-0.25, -0.2) is 17.9 Å². The van der Waals surface area contributed by atoms with E-state index in [0.29, 0.717) is 10.7 Å². The van der Waals surface area contributed by atoms with Crippen molar-refractivity contribution < 1.29 is 18.3 Å². The van der Waals surface area contributed by atoms with E-state index in [1.807, 2.05) is 0 Å². The number of nitrogens with one attached hydrogen (secondary N) is 2. The molecule has 19 heavy (non-hydrogen) atoms. The summed E-state index contributed by atoms with van der Waals surface area (Å²) >= 11 is 0.898. The second kappa shape index (κ2) is 4.63. The number of carbonyl (C=O) groups is 1. The van der Waals surface area contributed by atoms with Gasteiger partial charge in [0.2, 0.25) is 0 Å². The van der Waals surface area contributed by atoms with Gasteiger partial charge < -0.3 is 5.11 Å². The summed E-state index contributed by atoms with van der Waals surface area (Å²) in [4.78, 5) is 14.9. The highest BCUT2D eigenvalue weighted by molar-refractivity contribution is 7.92. The molecule has 0 aromatic carbocycles. The maximum Gasteiger partial charge on any atom is 0.345 e. The van der Waals surface area contributed by atoms with Crippen molar-refractivity contribution in [2.75, 3.05) is 4.72 Å². The predicted molar refractivity (Wildman–Crippen MR) is 67.9 cm³/mol. The van der Waals surface area contributed by atoms with Crippen LogP contribution in [-0.2, 0) is 10.0 Å². The number of aryl methyl sites for hydroxylation is 2. The van der Waals surface area contributed by atoms with Crippen LogP contribution in [0.15, 0.2) is 11.0 Å². The molecule has 8 nitrogen and oxygen atoms in total. The van der Waals surface area contributed by atoms with Crippen LogP contribution >= 0.6 is 11.3 Å². The van der Waals surface area contributed by atoms with Crippen LogP contribution in [0.1, 0.15) is 20.4 Å². The van der Waals surface area contributed by atoms with Crippen LogP contribution in [0.2, 0.25) is 0 Å². The van der Waals surface area contributed by atoms with E-state index >= 15 is 0 Å². The Hall–Kier alpha value is -1.94. The van der Waals surface area contributed by atoms with Gasteiger partial charge in [-0.2, -0.15) is 4.98 Å². The lowest BCUT2D eigenvalue weighted by Gasteiger charge is -2.02. The lowest BCUT2D eigenvalue weighted by molar-refractivity contribution is 0.0702. The van der Waals surface area contributed by atoms with E-state index in [2.05, 4.69) is 19.9 Å². The molecule has 102 valence electrons. The normalized spacial score (nSPS) is 11.5. The molecule has 0 spiro atoms. The minimum Gasteiger partial charge on any atom is -0.477 e. The van der Waals surface area contributed by atoms with Crippen LogP contribution in [0.25, 0.3) is 0 Å². The Labute approximate surface area is 112 Å². The molecule has 0 saturated carbocycles. The SMILES string of the molecule is Cc1nc(NS(=O)(=O)c2cc(C(=O)O)sc2C)n[nH]1. The topological polar surface area (TPSA) is 125 Å². The summed E-state index contributed by atoms with van der Waals surface area (Å²) in [5.41, 5.74) is 0. The third-order valence-electron chi connectivity index (χ3n) is 2.20. The summed E-state index contributed by atoms with van der Waals surface area (Å²) in [5, 5.41) is 15.0. The van der Waals surface area contributed by atoms with Gasteiger partial charge in [-0.1, -0.05) is 0 Å². The Balaban J connectivity index is 2.37. The summed E-state index contributed by atoms with van der Waals surface area (Å²) in [7, 11) is -3.89. The first-order valence-corrected chi connectivity index (χ1v) is 7.35. The number of aromatic nitrogens is 3. The fourth-order valence-electron chi connectivity index (χ4n) is 1.40. The molecule has 0 unspecified atom stereocenters. The van der Waals surface area contributed by atoms with Crippen molar-refractivity contribution in [3.63, 3.8) is 0 Å². The highest BCUT2D eigenvalue weighted by Gasteiger charge is 2.23. The molecule has 2 aromatic heterocycles. The van der Waals surface area contributed by atoms with Crippen LogP contribution in [0.3, 0.4) is 0 Å². The number of sulfonamides is 1. The van der Waals surface area contributed by atoms with E-state index in [9.17, 15) is 13.2 Å². The number of carboxylic acids is 1. The van der Waals surface area contributed by atoms with Crippen molar-refractivity contribution >= 4 is 33.3 Å². The van der Waals surface area contributed by atoms with Crippen molar-refractivity contribution in [3.8, 4) is 0 Å². The predicted octanol–water partition coefficient (Wildman–Crippen LogP) is 0.982. The van der Waals surface area contributed by atoms with E-state index in [-0.39, 0.29) is 15.7 Å². The number of aromatic amines is 1. The quantitative estimate of drug-likeness (QED) is 0.773. The van der Waals surface area contributed by atoms with Crippen LogP contribution in [0, 0.1) is 13.8 Å². The van der Waals surface area contributed by atoms with Crippen molar-refractivity contribution in [2.24, 2.45) is 0 Å². The minimum absolute atomic E-state index is 0.0379. The number of rotatable bonds is 4. The average molecular weight is 302 g/mol. The number of anilines is 1. The number of hydrogen-bond donors (Lipinski definition) is 3. The Morgan fingerprint density at radius 3 is 2.63 bits per heavy atom. The van der Waals surface area contributed by atoms with E-state index in [0.717, 1.165) is 17.4 Å². The van der Waals surface area contributed by atoms with Crippen LogP contribution in [-0.4, -0.2) is 34.7 Å². The third-order valence-corrected chi connectivity index (χ3v) is 4.82. The lowest BCUT2D eigenvalue weighted by atomic mass is 10.4. The molecule has 2 heterocycles. The van der Waals surface area contributed by atoms with Gasteiger partial charge in [-0.05, 0) is 19.9 Å². The van der Waals surface area contributed by atoms with E-state index < -0.39 is 16.0 Å². The van der Waals surface area contributed by atoms with Gasteiger partial charge in [-0.3, -0.25) is 5.10 Å². The zero-order chi connectivity index (χ0) is 14.2. The molecular formula is C9H10N4O4S2. The largest absolute Gasteiger partial charge is 0.477 e. The van der Waals surface area contributed by atoms with E-state index in [1.54, 1.807) is 6.92 Å². The number of hydrogen-bond acceptors (Lipinski definition) is 6. The van der Waals surface area contributed by atoms with Gasteiger partial charge in [0.25, 0.3) is 16.0 Å². The number of aromatic carboxylic acids is 1. The van der Waals surface area contributed by atoms with Crippen molar-refractivity contribution in [1.82, 2.24) is 15.2 Å². The molecule has 0 bridgehead atoms. The Kier molecular flexibility index (Phi) is 3.28. The van der Waals surface area contributed by atoms with Gasteiger partial charge in [0, 0.05) is 4.88 Å². The Bertz CT molecular complexity index is 731. The molecule has 0 saturated heterocycles. The van der Waals surface area contributed by atoms with Gasteiger partial charge in [-0.15, -0.1) is 16.4 Å². The van der Waals surface area contributed by atoms with Crippen molar-refractivity contribution in [1.29, 1.82) is 0 Å². The standard InChI is InChI=1S/C9H10N4O4S2/c1-4-7(3-6(18-4)8(14)15)19(16,17)13-9-10-5(2)11-12-9/h3H,1-2H3,(H,14,15)(H2,10,11,12,13). The Morgan fingerprint density at radius 1 is 1.47 bits per heavy atom. The summed E-state index contributed by atoms with van der Waals surface area (Å²) in [6.45, 7) is 3.16. The van der Waals surface area contributed by atoms with Crippen LogP contribution in [0.4, 0.5) is 5.95 Å². The first-order chi connectivity index (χ1) is 8.79. The number of carboxylic acid groups (broad SMARTS) is 1. The van der Waals surface area contributed by atoms with Crippen LogP contribution in [0.5, 0.6) is 0 Å². The summed E-state index contributed by atoms with van der Waals surface area (Å²) in [6, 6.07) is 1.12. The summed E-state index contributed by atoms with van der Waals surface area (Å²) in [5.74, 6) is -0.783. The monoisotopic (exact) mass is 302 g/mol. The molecule has 0 aliphatic rings. The fraction of sp³-hybridized carbons (Fsp3) is 0.222. The average Bonchev–Trinajstić information content (AvgIpc) is 2.85. The summed E-state index contributed by atoms with van der Waals surface area (Å²) < 4.78 is 26.3. The third kappa shape index (κ3) is 2.74. The van der Waals surface area contributed by atoms with Crippen LogP contribution < -0.4 is 4.72 Å². The van der Waals surface area contributed by atoms with Gasteiger partial charge in [0.1, 0.15) is 15.6 Å². The summed E-state index contributed by atoms with van der Waals surface area (Å²) in [6.07, 6.45) is 0. The Morgan fingerprint density at radius 2 is 2.16 bits per heavy atom. The number of H-pyrrole nitrogens is 1. The zero-order valence-corrected chi connectivity index (χ0v) is 11.6. The number of nitrogens with zero attached hydrogens (tertiary/aromatic N) is 2. The second-order valence-electron chi connectivity index (χ2n) is 3.69. The highest BCUT2D eigenvalue weighted by atomic mass is 32.2. The highest BCUT2D eigenvalue weighted by Crippen LogP contribution is 2.26. The molecule has 0 fully saturated rings. The first kappa shape index (κ1) is 13.5. The van der Waals surface area contributed by atoms with E-state index in [4.69, 9.17) is 5.11 Å². The molecular weight excluding hydrogens is 292 g/mol. The molecule has 0 aliphatic carbocycles. The lowest BCUT2D eigenvalue weighted by Crippen LogP contribution is -2.14. The van der Waals surface area contributed by atoms with E-state index in [1.165, 1.54) is 6.92 Å². The first-order valence-electron chi connectivity index (χ1n) is 5.05. The molecule has 0 atom stereocenters.